The molecule has 8 heteroatoms. The van der Waals surface area contributed by atoms with Crippen molar-refractivity contribution in [1.29, 1.82) is 0 Å². The smallest absolute Gasteiger partial charge is 0.317 e. The summed E-state index contributed by atoms with van der Waals surface area (Å²) in [6.07, 6.45) is 1.83. The van der Waals surface area contributed by atoms with E-state index in [1.807, 2.05) is 16.5 Å². The number of piperazine rings is 1. The van der Waals surface area contributed by atoms with Crippen LogP contribution in [0.1, 0.15) is 6.92 Å². The number of carbonyl (C=O) groups excluding carboxylic acids is 1. The van der Waals surface area contributed by atoms with Gasteiger partial charge in [-0.05, 0) is 6.92 Å². The molecule has 128 valence electrons. The van der Waals surface area contributed by atoms with E-state index in [1.54, 1.807) is 11.3 Å². The third-order valence-corrected chi connectivity index (χ3v) is 5.09. The molecule has 1 atom stereocenters. The lowest BCUT2D eigenvalue weighted by molar-refractivity contribution is 0.0346. The maximum Gasteiger partial charge on any atom is 0.317 e. The topological polar surface area (TPSA) is 60.9 Å². The number of morpholine rings is 1. The number of rotatable bonds is 4. The molecule has 1 aromatic rings. The zero-order valence-electron chi connectivity index (χ0n) is 13.6. The number of nitrogens with zero attached hydrogens (tertiary/aromatic N) is 4. The Morgan fingerprint density at radius 1 is 1.30 bits per heavy atom. The lowest BCUT2D eigenvalue weighted by atomic mass is 10.3. The van der Waals surface area contributed by atoms with Gasteiger partial charge in [-0.15, -0.1) is 11.3 Å². The fourth-order valence-corrected chi connectivity index (χ4v) is 3.69. The van der Waals surface area contributed by atoms with Crippen molar-refractivity contribution in [3.05, 3.63) is 11.6 Å². The summed E-state index contributed by atoms with van der Waals surface area (Å²) in [4.78, 5) is 23.2. The molecule has 0 aromatic carbocycles. The van der Waals surface area contributed by atoms with E-state index in [1.165, 1.54) is 0 Å². The number of hydrogen-bond acceptors (Lipinski definition) is 6. The monoisotopic (exact) mass is 339 g/mol. The van der Waals surface area contributed by atoms with Crippen molar-refractivity contribution in [3.8, 4) is 0 Å². The Morgan fingerprint density at radius 3 is 2.70 bits per heavy atom. The van der Waals surface area contributed by atoms with Gasteiger partial charge in [0, 0.05) is 63.4 Å². The predicted octanol–water partition coefficient (Wildman–Crippen LogP) is 0.695. The second-order valence-corrected chi connectivity index (χ2v) is 6.93. The van der Waals surface area contributed by atoms with Crippen molar-refractivity contribution < 1.29 is 9.53 Å². The number of carbonyl (C=O) groups is 1. The van der Waals surface area contributed by atoms with Crippen molar-refractivity contribution >= 4 is 22.5 Å². The van der Waals surface area contributed by atoms with Crippen LogP contribution >= 0.6 is 11.3 Å². The molecule has 3 heterocycles. The fraction of sp³-hybridized carbons (Fsp3) is 0.733. The minimum Gasteiger partial charge on any atom is -0.379 e. The number of aromatic nitrogens is 1. The van der Waals surface area contributed by atoms with Gasteiger partial charge in [0.15, 0.2) is 5.13 Å². The molecule has 0 saturated carbocycles. The van der Waals surface area contributed by atoms with Crippen LogP contribution in [0.4, 0.5) is 9.93 Å². The molecular weight excluding hydrogens is 314 g/mol. The highest BCUT2D eigenvalue weighted by Crippen LogP contribution is 2.18. The first-order chi connectivity index (χ1) is 11.2. The minimum absolute atomic E-state index is 0.0459. The largest absolute Gasteiger partial charge is 0.379 e. The van der Waals surface area contributed by atoms with Crippen LogP contribution in [0.15, 0.2) is 11.6 Å². The van der Waals surface area contributed by atoms with E-state index in [9.17, 15) is 4.79 Å². The van der Waals surface area contributed by atoms with Crippen molar-refractivity contribution in [2.75, 3.05) is 63.9 Å². The summed E-state index contributed by atoms with van der Waals surface area (Å²) in [5, 5.41) is 6.15. The molecule has 2 fully saturated rings. The van der Waals surface area contributed by atoms with Gasteiger partial charge in [0.05, 0.1) is 13.2 Å². The number of urea groups is 1. The molecule has 2 saturated heterocycles. The molecule has 2 aliphatic rings. The van der Waals surface area contributed by atoms with Gasteiger partial charge in [0.1, 0.15) is 0 Å². The van der Waals surface area contributed by atoms with Crippen LogP contribution in [0, 0.1) is 0 Å². The molecule has 1 N–H and O–H groups in total. The first-order valence-corrected chi connectivity index (χ1v) is 9.10. The first-order valence-electron chi connectivity index (χ1n) is 8.22. The minimum atomic E-state index is 0.0459. The molecule has 0 bridgehead atoms. The molecule has 0 aliphatic carbocycles. The Bertz CT molecular complexity index is 484. The molecule has 7 nitrogen and oxygen atoms in total. The van der Waals surface area contributed by atoms with E-state index < -0.39 is 0 Å². The first kappa shape index (κ1) is 16.5. The van der Waals surface area contributed by atoms with Crippen LogP contribution in [-0.2, 0) is 4.74 Å². The maximum atomic E-state index is 12.4. The summed E-state index contributed by atoms with van der Waals surface area (Å²) in [5.74, 6) is 0. The Kier molecular flexibility index (Phi) is 5.69. The van der Waals surface area contributed by atoms with Gasteiger partial charge in [-0.25, -0.2) is 9.78 Å². The summed E-state index contributed by atoms with van der Waals surface area (Å²) in [5.41, 5.74) is 0. The highest BCUT2D eigenvalue weighted by Gasteiger charge is 2.23. The summed E-state index contributed by atoms with van der Waals surface area (Å²) in [6, 6.07) is 0.196. The van der Waals surface area contributed by atoms with Gasteiger partial charge < -0.3 is 19.9 Å². The van der Waals surface area contributed by atoms with Crippen LogP contribution in [-0.4, -0.2) is 85.9 Å². The fourth-order valence-electron chi connectivity index (χ4n) is 2.99. The Balaban J connectivity index is 1.40. The number of nitrogens with one attached hydrogen (secondary N) is 1. The molecule has 0 radical (unpaired) electrons. The average Bonchev–Trinajstić information content (AvgIpc) is 3.10. The van der Waals surface area contributed by atoms with Gasteiger partial charge >= 0.3 is 6.03 Å². The molecule has 23 heavy (non-hydrogen) atoms. The zero-order valence-corrected chi connectivity index (χ0v) is 14.4. The summed E-state index contributed by atoms with van der Waals surface area (Å²) in [6.45, 7) is 9.62. The van der Waals surface area contributed by atoms with Crippen LogP contribution in [0.5, 0.6) is 0 Å². The predicted molar refractivity (Wildman–Crippen MR) is 91.2 cm³/mol. The molecule has 1 aromatic heterocycles. The second-order valence-electron chi connectivity index (χ2n) is 6.05. The third kappa shape index (κ3) is 4.55. The molecule has 0 unspecified atom stereocenters. The maximum absolute atomic E-state index is 12.4. The summed E-state index contributed by atoms with van der Waals surface area (Å²) >= 11 is 1.65. The van der Waals surface area contributed by atoms with Crippen LogP contribution in [0.3, 0.4) is 0 Å². The second kappa shape index (κ2) is 7.94. The van der Waals surface area contributed by atoms with Crippen molar-refractivity contribution in [2.45, 2.75) is 13.0 Å². The number of anilines is 1. The molecule has 2 aliphatic heterocycles. The normalized spacial score (nSPS) is 21.3. The Labute approximate surface area is 141 Å². The molecule has 3 rings (SSSR count). The Hall–Kier alpha value is -1.38. The van der Waals surface area contributed by atoms with Gasteiger partial charge in [-0.2, -0.15) is 0 Å². The summed E-state index contributed by atoms with van der Waals surface area (Å²) < 4.78 is 5.35. The van der Waals surface area contributed by atoms with Gasteiger partial charge in [-0.3, -0.25) is 4.90 Å². The van der Waals surface area contributed by atoms with Crippen molar-refractivity contribution in [1.82, 2.24) is 20.1 Å². The molecule has 2 amide bonds. The van der Waals surface area contributed by atoms with Crippen LogP contribution < -0.4 is 10.2 Å². The van der Waals surface area contributed by atoms with Crippen LogP contribution in [0.25, 0.3) is 0 Å². The van der Waals surface area contributed by atoms with Gasteiger partial charge in [0.25, 0.3) is 0 Å². The van der Waals surface area contributed by atoms with E-state index in [0.717, 1.165) is 64.2 Å². The standard InChI is InChI=1S/C15H25N5O2S/c1-13(12-18-7-9-22-10-8-18)17-14(21)19-3-5-20(6-4-19)15-16-2-11-23-15/h2,11,13H,3-10,12H2,1H3,(H,17,21)/t13-/m0/s1. The highest BCUT2D eigenvalue weighted by molar-refractivity contribution is 7.13. The number of amides is 2. The number of thiazole rings is 1. The molecule has 0 spiro atoms. The molecular formula is C15H25N5O2S. The highest BCUT2D eigenvalue weighted by atomic mass is 32.1. The van der Waals surface area contributed by atoms with Crippen molar-refractivity contribution in [3.63, 3.8) is 0 Å². The van der Waals surface area contributed by atoms with Gasteiger partial charge in [0.2, 0.25) is 0 Å². The third-order valence-electron chi connectivity index (χ3n) is 4.26. The Morgan fingerprint density at radius 2 is 2.04 bits per heavy atom. The van der Waals surface area contributed by atoms with E-state index in [-0.39, 0.29) is 12.1 Å². The SMILES string of the molecule is C[C@@H](CN1CCOCC1)NC(=O)N1CCN(c2nccs2)CC1. The number of hydrogen-bond donors (Lipinski definition) is 1. The van der Waals surface area contributed by atoms with Gasteiger partial charge in [-0.1, -0.05) is 0 Å². The van der Waals surface area contributed by atoms with E-state index in [4.69, 9.17) is 4.74 Å². The quantitative estimate of drug-likeness (QED) is 0.875. The lowest BCUT2D eigenvalue weighted by Crippen LogP contribution is -2.55. The average molecular weight is 339 g/mol. The van der Waals surface area contributed by atoms with Crippen LogP contribution in [0.2, 0.25) is 0 Å². The summed E-state index contributed by atoms with van der Waals surface area (Å²) in [7, 11) is 0. The van der Waals surface area contributed by atoms with E-state index in [0.29, 0.717) is 0 Å². The van der Waals surface area contributed by atoms with E-state index >= 15 is 0 Å². The van der Waals surface area contributed by atoms with Crippen molar-refractivity contribution in [2.24, 2.45) is 0 Å². The lowest BCUT2D eigenvalue weighted by Gasteiger charge is -2.35. The number of ether oxygens (including phenoxy) is 1. The zero-order chi connectivity index (χ0) is 16.1. The van der Waals surface area contributed by atoms with E-state index in [2.05, 4.69) is 27.0 Å².